The Morgan fingerprint density at radius 3 is 2.85 bits per heavy atom. The van der Waals surface area contributed by atoms with E-state index in [0.29, 0.717) is 10.6 Å². The highest BCUT2D eigenvalue weighted by Gasteiger charge is 2.34. The maximum Gasteiger partial charge on any atom is 0.267 e. The van der Waals surface area contributed by atoms with Gasteiger partial charge in [-0.25, -0.2) is 4.98 Å². The highest BCUT2D eigenvalue weighted by molar-refractivity contribution is 7.07. The minimum Gasteiger partial charge on any atom is -0.351 e. The van der Waals surface area contributed by atoms with Gasteiger partial charge in [-0.05, 0) is 18.5 Å². The van der Waals surface area contributed by atoms with Gasteiger partial charge in [0, 0.05) is 32.5 Å². The molecular weight excluding hydrogens is 276 g/mol. The highest BCUT2D eigenvalue weighted by Crippen LogP contribution is 2.22. The summed E-state index contributed by atoms with van der Waals surface area (Å²) in [5.74, 6) is 0.835. The number of hydrogen-bond acceptors (Lipinski definition) is 7. The Morgan fingerprint density at radius 2 is 2.25 bits per heavy atom. The van der Waals surface area contributed by atoms with Gasteiger partial charge >= 0.3 is 0 Å². The number of nitrogens with zero attached hydrogens (tertiary/aromatic N) is 6. The lowest BCUT2D eigenvalue weighted by Crippen LogP contribution is -2.60. The summed E-state index contributed by atoms with van der Waals surface area (Å²) in [5, 5.41) is 3.88. The number of anilines is 1. The second-order valence-corrected chi connectivity index (χ2v) is 5.48. The smallest absolute Gasteiger partial charge is 0.267 e. The van der Waals surface area contributed by atoms with Crippen molar-refractivity contribution >= 4 is 23.3 Å². The molecule has 0 atom stereocenters. The summed E-state index contributed by atoms with van der Waals surface area (Å²) in [6.45, 7) is 3.34. The highest BCUT2D eigenvalue weighted by atomic mass is 32.1. The molecule has 1 saturated heterocycles. The monoisotopic (exact) mass is 290 g/mol. The van der Waals surface area contributed by atoms with Gasteiger partial charge in [-0.15, -0.1) is 5.10 Å². The van der Waals surface area contributed by atoms with E-state index in [1.165, 1.54) is 0 Å². The molecule has 0 spiro atoms. The average Bonchev–Trinajstić information content (AvgIpc) is 2.83. The molecule has 7 nitrogen and oxygen atoms in total. The molecule has 0 aliphatic carbocycles. The first-order valence-corrected chi connectivity index (χ1v) is 7.01. The molecule has 1 fully saturated rings. The van der Waals surface area contributed by atoms with Gasteiger partial charge in [0.15, 0.2) is 0 Å². The van der Waals surface area contributed by atoms with Crippen LogP contribution in [0.4, 0.5) is 5.82 Å². The fraction of sp³-hybridized carbons (Fsp3) is 0.417. The van der Waals surface area contributed by atoms with Crippen LogP contribution in [-0.4, -0.2) is 56.5 Å². The Hall–Kier alpha value is -2.09. The molecule has 0 saturated carbocycles. The average molecular weight is 290 g/mol. The fourth-order valence-corrected chi connectivity index (χ4v) is 2.74. The van der Waals surface area contributed by atoms with Crippen LogP contribution in [0.5, 0.6) is 0 Å². The van der Waals surface area contributed by atoms with E-state index in [1.54, 1.807) is 30.4 Å². The van der Waals surface area contributed by atoms with Gasteiger partial charge in [-0.3, -0.25) is 9.78 Å². The van der Waals surface area contributed by atoms with Crippen molar-refractivity contribution in [1.82, 2.24) is 24.5 Å². The van der Waals surface area contributed by atoms with Gasteiger partial charge in [-0.1, -0.05) is 4.49 Å². The molecule has 1 aliphatic heterocycles. The van der Waals surface area contributed by atoms with Crippen molar-refractivity contribution in [2.45, 2.75) is 13.0 Å². The first-order chi connectivity index (χ1) is 9.66. The van der Waals surface area contributed by atoms with Gasteiger partial charge in [0.1, 0.15) is 10.7 Å². The number of hydrogen-bond donors (Lipinski definition) is 0. The maximum atomic E-state index is 12.3. The molecular formula is C12H14N6OS. The molecule has 0 aromatic carbocycles. The summed E-state index contributed by atoms with van der Waals surface area (Å²) >= 11 is 1.15. The Morgan fingerprint density at radius 1 is 1.45 bits per heavy atom. The number of aryl methyl sites for hydroxylation is 1. The molecule has 3 heterocycles. The molecule has 0 radical (unpaired) electrons. The summed E-state index contributed by atoms with van der Waals surface area (Å²) in [6, 6.07) is 0.186. The van der Waals surface area contributed by atoms with Crippen LogP contribution in [0.15, 0.2) is 18.6 Å². The quantitative estimate of drug-likeness (QED) is 0.824. The van der Waals surface area contributed by atoms with Gasteiger partial charge in [0.2, 0.25) is 0 Å². The number of rotatable bonds is 3. The molecule has 2 aromatic rings. The first-order valence-electron chi connectivity index (χ1n) is 6.24. The van der Waals surface area contributed by atoms with Crippen LogP contribution in [0, 0.1) is 6.92 Å². The Kier molecular flexibility index (Phi) is 3.31. The second-order valence-electron chi connectivity index (χ2n) is 4.73. The number of likely N-dealkylation sites (N-methyl/N-ethyl adjacent to an activating group) is 1. The van der Waals surface area contributed by atoms with Crippen LogP contribution in [-0.2, 0) is 0 Å². The molecule has 20 heavy (non-hydrogen) atoms. The lowest BCUT2D eigenvalue weighted by molar-refractivity contribution is 0.0709. The minimum atomic E-state index is -0.0127. The summed E-state index contributed by atoms with van der Waals surface area (Å²) in [4.78, 5) is 25.1. The summed E-state index contributed by atoms with van der Waals surface area (Å²) < 4.78 is 3.81. The van der Waals surface area contributed by atoms with Crippen molar-refractivity contribution in [2.75, 3.05) is 25.0 Å². The molecule has 8 heteroatoms. The Bertz CT molecular complexity index is 609. The summed E-state index contributed by atoms with van der Waals surface area (Å²) in [5.41, 5.74) is 0.692. The van der Waals surface area contributed by atoms with E-state index in [4.69, 9.17) is 0 Å². The number of aromatic nitrogens is 4. The number of amides is 1. The zero-order valence-electron chi connectivity index (χ0n) is 11.2. The molecule has 1 aliphatic rings. The number of carbonyl (C=O) groups excluding carboxylic acids is 1. The lowest BCUT2D eigenvalue weighted by Gasteiger charge is -2.44. The molecule has 0 unspecified atom stereocenters. The third-order valence-electron chi connectivity index (χ3n) is 3.45. The van der Waals surface area contributed by atoms with E-state index < -0.39 is 0 Å². The molecule has 104 valence electrons. The molecule has 3 rings (SSSR count). The van der Waals surface area contributed by atoms with Crippen LogP contribution in [0.25, 0.3) is 0 Å². The third kappa shape index (κ3) is 2.22. The van der Waals surface area contributed by atoms with Crippen LogP contribution >= 0.6 is 11.5 Å². The van der Waals surface area contributed by atoms with Crippen molar-refractivity contribution in [1.29, 1.82) is 0 Å². The maximum absolute atomic E-state index is 12.3. The predicted molar refractivity (Wildman–Crippen MR) is 74.8 cm³/mol. The molecule has 2 aromatic heterocycles. The van der Waals surface area contributed by atoms with E-state index in [0.717, 1.165) is 30.4 Å². The van der Waals surface area contributed by atoms with E-state index in [9.17, 15) is 4.79 Å². The van der Waals surface area contributed by atoms with Gasteiger partial charge < -0.3 is 9.80 Å². The number of carbonyl (C=O) groups is 1. The van der Waals surface area contributed by atoms with Gasteiger partial charge in [0.05, 0.1) is 17.9 Å². The lowest BCUT2D eigenvalue weighted by atomic mass is 10.1. The normalized spacial score (nSPS) is 15.0. The third-order valence-corrected chi connectivity index (χ3v) is 4.27. The van der Waals surface area contributed by atoms with Crippen LogP contribution in [0.1, 0.15) is 15.4 Å². The predicted octanol–water partition coefficient (Wildman–Crippen LogP) is 0.597. The van der Waals surface area contributed by atoms with Crippen molar-refractivity contribution in [3.63, 3.8) is 0 Å². The first kappa shape index (κ1) is 12.9. The topological polar surface area (TPSA) is 75.1 Å². The van der Waals surface area contributed by atoms with Crippen molar-refractivity contribution < 1.29 is 4.79 Å². The zero-order valence-corrected chi connectivity index (χ0v) is 12.0. The SMILES string of the molecule is Cc1nnsc1C(=O)N(C)C1CN(c2cnccn2)C1. The molecule has 1 amide bonds. The second kappa shape index (κ2) is 5.12. The van der Waals surface area contributed by atoms with Crippen molar-refractivity contribution in [3.05, 3.63) is 29.2 Å². The van der Waals surface area contributed by atoms with E-state index >= 15 is 0 Å². The molecule has 0 bridgehead atoms. The zero-order chi connectivity index (χ0) is 14.1. The Labute approximate surface area is 120 Å². The van der Waals surface area contributed by atoms with E-state index in [-0.39, 0.29) is 11.9 Å². The largest absolute Gasteiger partial charge is 0.351 e. The van der Waals surface area contributed by atoms with Crippen LogP contribution in [0.3, 0.4) is 0 Å². The molecule has 0 N–H and O–H groups in total. The van der Waals surface area contributed by atoms with E-state index in [1.807, 2.05) is 7.05 Å². The fourth-order valence-electron chi connectivity index (χ4n) is 2.10. The summed E-state index contributed by atoms with van der Waals surface area (Å²) in [7, 11) is 1.82. The van der Waals surface area contributed by atoms with Crippen LogP contribution in [0.2, 0.25) is 0 Å². The standard InChI is InChI=1S/C12H14N6OS/c1-8-11(20-16-15-8)12(19)17(2)9-6-18(7-9)10-5-13-3-4-14-10/h3-5,9H,6-7H2,1-2H3. The van der Waals surface area contributed by atoms with Gasteiger partial charge in [-0.2, -0.15) is 0 Å². The minimum absolute atomic E-state index is 0.0127. The van der Waals surface area contributed by atoms with Crippen molar-refractivity contribution in [2.24, 2.45) is 0 Å². The van der Waals surface area contributed by atoms with Crippen LogP contribution < -0.4 is 4.90 Å². The van der Waals surface area contributed by atoms with Gasteiger partial charge in [0.25, 0.3) is 5.91 Å². The van der Waals surface area contributed by atoms with E-state index in [2.05, 4.69) is 24.5 Å². The Balaban J connectivity index is 1.63. The van der Waals surface area contributed by atoms with Crippen molar-refractivity contribution in [3.8, 4) is 0 Å². The summed E-state index contributed by atoms with van der Waals surface area (Å²) in [6.07, 6.45) is 5.05.